The molecule has 0 unspecified atom stereocenters. The van der Waals surface area contributed by atoms with Gasteiger partial charge in [-0.15, -0.1) is 0 Å². The maximum atomic E-state index is 10.3. The van der Waals surface area contributed by atoms with Crippen molar-refractivity contribution in [2.75, 3.05) is 6.61 Å². The van der Waals surface area contributed by atoms with E-state index in [1.54, 1.807) is 0 Å². The first kappa shape index (κ1) is 25.4. The van der Waals surface area contributed by atoms with Gasteiger partial charge in [-0.3, -0.25) is 4.55 Å². The van der Waals surface area contributed by atoms with Gasteiger partial charge in [0.2, 0.25) is 0 Å². The third-order valence-corrected chi connectivity index (χ3v) is 4.19. The molecule has 0 saturated heterocycles. The first-order valence-corrected chi connectivity index (χ1v) is 10.0. The van der Waals surface area contributed by atoms with Crippen LogP contribution in [0.1, 0.15) is 99.7 Å². The molecule has 0 aromatic carbocycles. The zero-order chi connectivity index (χ0) is 15.8. The molecule has 0 amide bonds. The van der Waals surface area contributed by atoms with Crippen LogP contribution >= 0.6 is 0 Å². The van der Waals surface area contributed by atoms with E-state index < -0.39 is 10.4 Å². The Balaban J connectivity index is -0.000000667. The quantitative estimate of drug-likeness (QED) is 0.234. The van der Waals surface area contributed by atoms with Crippen LogP contribution in [0, 0.1) is 0 Å². The molecule has 0 saturated carbocycles. The van der Waals surface area contributed by atoms with Gasteiger partial charge in [-0.25, -0.2) is 4.18 Å². The molecule has 0 aromatic heterocycles. The summed E-state index contributed by atoms with van der Waals surface area (Å²) in [5, 5.41) is 0. The number of unbranched alkanes of at least 4 members (excludes halogenated alkanes) is 13. The maximum Gasteiger partial charge on any atom is 2.00 e. The zero-order valence-corrected chi connectivity index (χ0v) is 17.4. The first-order valence-electron chi connectivity index (χ1n) is 8.68. The topological polar surface area (TPSA) is 63.6 Å². The Bertz CT molecular complexity index is 317. The van der Waals surface area contributed by atoms with E-state index in [1.165, 1.54) is 70.6 Å². The van der Waals surface area contributed by atoms with Gasteiger partial charge < -0.3 is 2.85 Å². The van der Waals surface area contributed by atoms with Gasteiger partial charge in [-0.1, -0.05) is 90.4 Å². The molecule has 0 fully saturated rings. The average Bonchev–Trinajstić information content (AvgIpc) is 2.42. The largest absolute Gasteiger partial charge is 2.00 e. The fourth-order valence-corrected chi connectivity index (χ4v) is 2.79. The van der Waals surface area contributed by atoms with Gasteiger partial charge in [-0.05, 0) is 6.42 Å². The van der Waals surface area contributed by atoms with E-state index in [1.807, 2.05) is 0 Å². The van der Waals surface area contributed by atoms with Crippen molar-refractivity contribution in [3.05, 3.63) is 0 Å². The maximum absolute atomic E-state index is 10.3. The van der Waals surface area contributed by atoms with Gasteiger partial charge in [0.05, 0.1) is 6.61 Å². The predicted molar refractivity (Wildman–Crippen MR) is 95.8 cm³/mol. The molecule has 0 radical (unpaired) electrons. The van der Waals surface area contributed by atoms with Crippen LogP contribution in [0.4, 0.5) is 0 Å². The minimum absolute atomic E-state index is 0. The van der Waals surface area contributed by atoms with Crippen molar-refractivity contribution >= 4 is 48.1 Å². The Labute approximate surface area is 170 Å². The Morgan fingerprint density at radius 2 is 1.05 bits per heavy atom. The number of hydrogen-bond donors (Lipinski definition) is 1. The molecule has 6 heteroatoms. The minimum atomic E-state index is -4.24. The summed E-state index contributed by atoms with van der Waals surface area (Å²) in [5.74, 6) is 0. The van der Waals surface area contributed by atoms with Crippen LogP contribution in [0.2, 0.25) is 0 Å². The second kappa shape index (κ2) is 18.5. The molecule has 22 heavy (non-hydrogen) atoms. The van der Waals surface area contributed by atoms with Crippen molar-refractivity contribution in [3.63, 3.8) is 0 Å². The van der Waals surface area contributed by atoms with E-state index in [0.29, 0.717) is 6.42 Å². The van der Waals surface area contributed by atoms with E-state index in [2.05, 4.69) is 11.1 Å². The second-order valence-electron chi connectivity index (χ2n) is 5.85. The van der Waals surface area contributed by atoms with E-state index in [4.69, 9.17) is 4.55 Å². The predicted octanol–water partition coefficient (Wildman–Crippen LogP) is 5.13. The summed E-state index contributed by atoms with van der Waals surface area (Å²) >= 11 is 0. The molecule has 0 atom stereocenters. The van der Waals surface area contributed by atoms with Crippen LogP contribution in [0.5, 0.6) is 0 Å². The Kier molecular flexibility index (Phi) is 21.3. The van der Waals surface area contributed by atoms with Crippen molar-refractivity contribution in [3.8, 4) is 0 Å². The molecule has 1 N–H and O–H groups in total. The van der Waals surface area contributed by atoms with E-state index in [9.17, 15) is 8.42 Å². The van der Waals surface area contributed by atoms with Crippen molar-refractivity contribution in [1.29, 1.82) is 0 Å². The third kappa shape index (κ3) is 23.4. The summed E-state index contributed by atoms with van der Waals surface area (Å²) in [7, 11) is -4.24. The SMILES string of the molecule is CCCCCCCCCCCCCCCCOS(=O)(=O)O.[Ca+2].[H-].[H-]. The van der Waals surface area contributed by atoms with Gasteiger partial charge in [-0.2, -0.15) is 8.42 Å². The summed E-state index contributed by atoms with van der Waals surface area (Å²) < 4.78 is 33.2. The Morgan fingerprint density at radius 3 is 1.36 bits per heavy atom. The summed E-state index contributed by atoms with van der Waals surface area (Å²) in [6, 6.07) is 0. The van der Waals surface area contributed by atoms with Crippen molar-refractivity contribution in [1.82, 2.24) is 0 Å². The number of rotatable bonds is 16. The molecule has 0 bridgehead atoms. The van der Waals surface area contributed by atoms with Crippen LogP contribution in [0.3, 0.4) is 0 Å². The Hall–Kier alpha value is 1.13. The molecule has 0 aliphatic carbocycles. The summed E-state index contributed by atoms with van der Waals surface area (Å²) in [5.41, 5.74) is 0. The van der Waals surface area contributed by atoms with Gasteiger partial charge >= 0.3 is 48.1 Å². The molecule has 0 rings (SSSR count). The fourth-order valence-electron chi connectivity index (χ4n) is 2.46. The van der Waals surface area contributed by atoms with Crippen LogP contribution in [-0.4, -0.2) is 57.3 Å². The van der Waals surface area contributed by atoms with Crippen LogP contribution in [-0.2, 0) is 14.6 Å². The van der Waals surface area contributed by atoms with Gasteiger partial charge in [0, 0.05) is 0 Å². The van der Waals surface area contributed by atoms with Gasteiger partial charge in [0.15, 0.2) is 0 Å². The van der Waals surface area contributed by atoms with E-state index in [-0.39, 0.29) is 47.2 Å². The molecule has 0 aliphatic rings. The molecule has 132 valence electrons. The summed E-state index contributed by atoms with van der Waals surface area (Å²) in [6.45, 7) is 2.35. The average molecular weight is 365 g/mol. The molecular formula is C16H36CaO4S. The summed E-state index contributed by atoms with van der Waals surface area (Å²) in [6.07, 6.45) is 17.6. The van der Waals surface area contributed by atoms with Gasteiger partial charge in [0.25, 0.3) is 0 Å². The fraction of sp³-hybridized carbons (Fsp3) is 1.00. The Morgan fingerprint density at radius 1 is 0.727 bits per heavy atom. The monoisotopic (exact) mass is 364 g/mol. The smallest absolute Gasteiger partial charge is 1.00 e. The van der Waals surface area contributed by atoms with Crippen molar-refractivity contribution < 1.29 is 20.0 Å². The van der Waals surface area contributed by atoms with Crippen LogP contribution < -0.4 is 0 Å². The second-order valence-corrected chi connectivity index (χ2v) is 6.94. The molecule has 0 spiro atoms. The molecule has 0 heterocycles. The molecular weight excluding hydrogens is 328 g/mol. The third-order valence-electron chi connectivity index (χ3n) is 3.73. The first-order chi connectivity index (χ1) is 10.1. The van der Waals surface area contributed by atoms with E-state index >= 15 is 0 Å². The van der Waals surface area contributed by atoms with Crippen molar-refractivity contribution in [2.45, 2.75) is 96.8 Å². The molecule has 4 nitrogen and oxygen atoms in total. The van der Waals surface area contributed by atoms with Gasteiger partial charge in [0.1, 0.15) is 0 Å². The minimum Gasteiger partial charge on any atom is -1.00 e. The standard InChI is InChI=1S/C16H34O4S.Ca.2H/c1-2-3-4-5-6-7-8-9-10-11-12-13-14-15-16-20-21(17,18)19;;;/h2-16H2,1H3,(H,17,18,19);;;/q;+2;2*-1. The normalized spacial score (nSPS) is 11.4. The van der Waals surface area contributed by atoms with E-state index in [0.717, 1.165) is 12.8 Å². The molecule has 0 aromatic rings. The number of hydrogen-bond acceptors (Lipinski definition) is 3. The van der Waals surface area contributed by atoms with Crippen LogP contribution in [0.15, 0.2) is 0 Å². The van der Waals surface area contributed by atoms with Crippen molar-refractivity contribution in [2.24, 2.45) is 0 Å². The zero-order valence-electron chi connectivity index (χ0n) is 16.4. The molecule has 0 aliphatic heterocycles. The summed E-state index contributed by atoms with van der Waals surface area (Å²) in [4.78, 5) is 0. The van der Waals surface area contributed by atoms with Crippen LogP contribution in [0.25, 0.3) is 0 Å².